The second-order valence-electron chi connectivity index (χ2n) is 6.35. The number of carbonyl (C=O) groups is 2. The van der Waals surface area contributed by atoms with Gasteiger partial charge in [-0.3, -0.25) is 9.59 Å². The van der Waals surface area contributed by atoms with Crippen molar-refractivity contribution in [3.05, 3.63) is 30.1 Å². The van der Waals surface area contributed by atoms with Gasteiger partial charge in [0.05, 0.1) is 18.4 Å². The molecule has 0 unspecified atom stereocenters. The molecule has 3 rings (SSSR count). The fourth-order valence-electron chi connectivity index (χ4n) is 3.80. The maximum Gasteiger partial charge on any atom is 0.311 e. The standard InChI is InChI=1S/C17H20FNO4/c18-13-5-1-2-6-14(13)23-9-7-15(20)19-10-12-4-3-8-17(12,11-19)16(21)22/h1-2,5-6,12H,3-4,7-11H2,(H,21,22)/t12-,17+/m0/s1. The Labute approximate surface area is 134 Å². The SMILES string of the molecule is O=C(CCOc1ccccc1F)N1C[C@@H]2CCC[C@@]2(C(=O)O)C1. The fraction of sp³-hybridized carbons (Fsp3) is 0.529. The minimum Gasteiger partial charge on any atom is -0.490 e. The van der Waals surface area contributed by atoms with Gasteiger partial charge in [0.1, 0.15) is 0 Å². The lowest BCUT2D eigenvalue weighted by atomic mass is 9.81. The Kier molecular flexibility index (Phi) is 4.24. The van der Waals surface area contributed by atoms with E-state index >= 15 is 0 Å². The number of amides is 1. The van der Waals surface area contributed by atoms with Crippen molar-refractivity contribution in [1.82, 2.24) is 4.90 Å². The molecule has 2 atom stereocenters. The number of para-hydroxylation sites is 1. The molecule has 6 heteroatoms. The number of rotatable bonds is 5. The molecule has 124 valence electrons. The van der Waals surface area contributed by atoms with Crippen LogP contribution in [0, 0.1) is 17.2 Å². The van der Waals surface area contributed by atoms with Crippen LogP contribution in [0.1, 0.15) is 25.7 Å². The zero-order valence-corrected chi connectivity index (χ0v) is 12.8. The summed E-state index contributed by atoms with van der Waals surface area (Å²) < 4.78 is 18.7. The number of ether oxygens (including phenoxy) is 1. The summed E-state index contributed by atoms with van der Waals surface area (Å²) in [6, 6.07) is 6.05. The molecule has 1 aromatic carbocycles. The topological polar surface area (TPSA) is 66.8 Å². The summed E-state index contributed by atoms with van der Waals surface area (Å²) in [5.41, 5.74) is -0.762. The summed E-state index contributed by atoms with van der Waals surface area (Å²) in [5.74, 6) is -1.20. The zero-order valence-electron chi connectivity index (χ0n) is 12.8. The van der Waals surface area contributed by atoms with Gasteiger partial charge >= 0.3 is 5.97 Å². The quantitative estimate of drug-likeness (QED) is 0.904. The van der Waals surface area contributed by atoms with Crippen molar-refractivity contribution >= 4 is 11.9 Å². The van der Waals surface area contributed by atoms with Crippen LogP contribution in [0.5, 0.6) is 5.75 Å². The molecule has 1 heterocycles. The van der Waals surface area contributed by atoms with Gasteiger partial charge in [0.15, 0.2) is 11.6 Å². The van der Waals surface area contributed by atoms with Crippen molar-refractivity contribution < 1.29 is 23.8 Å². The Morgan fingerprint density at radius 1 is 1.39 bits per heavy atom. The molecule has 1 saturated carbocycles. The Balaban J connectivity index is 1.54. The highest BCUT2D eigenvalue weighted by molar-refractivity contribution is 5.81. The Bertz CT molecular complexity index is 620. The van der Waals surface area contributed by atoms with Crippen LogP contribution in [-0.2, 0) is 9.59 Å². The molecule has 0 bridgehead atoms. The van der Waals surface area contributed by atoms with Crippen molar-refractivity contribution in [3.63, 3.8) is 0 Å². The van der Waals surface area contributed by atoms with E-state index in [1.165, 1.54) is 12.1 Å². The number of hydrogen-bond donors (Lipinski definition) is 1. The monoisotopic (exact) mass is 321 g/mol. The largest absolute Gasteiger partial charge is 0.490 e. The zero-order chi connectivity index (χ0) is 16.4. The van der Waals surface area contributed by atoms with Gasteiger partial charge in [-0.15, -0.1) is 0 Å². The number of halogens is 1. The summed E-state index contributed by atoms with van der Waals surface area (Å²) >= 11 is 0. The first-order chi connectivity index (χ1) is 11.0. The van der Waals surface area contributed by atoms with Crippen LogP contribution in [0.15, 0.2) is 24.3 Å². The number of nitrogens with zero attached hydrogens (tertiary/aromatic N) is 1. The molecule has 0 aromatic heterocycles. The fourth-order valence-corrected chi connectivity index (χ4v) is 3.80. The highest BCUT2D eigenvalue weighted by atomic mass is 19.1. The number of benzene rings is 1. The number of carboxylic acid groups (broad SMARTS) is 1. The average molecular weight is 321 g/mol. The smallest absolute Gasteiger partial charge is 0.311 e. The lowest BCUT2D eigenvalue weighted by molar-refractivity contribution is -0.149. The molecule has 1 N–H and O–H groups in total. The van der Waals surface area contributed by atoms with E-state index in [0.717, 1.165) is 12.8 Å². The molecule has 2 fully saturated rings. The van der Waals surface area contributed by atoms with E-state index in [4.69, 9.17) is 4.74 Å². The van der Waals surface area contributed by atoms with Crippen molar-refractivity contribution in [3.8, 4) is 5.75 Å². The van der Waals surface area contributed by atoms with Crippen molar-refractivity contribution in [2.24, 2.45) is 11.3 Å². The third-order valence-electron chi connectivity index (χ3n) is 5.06. The molecular formula is C17H20FNO4. The van der Waals surface area contributed by atoms with Crippen molar-refractivity contribution in [2.75, 3.05) is 19.7 Å². The molecule has 0 spiro atoms. The molecule has 23 heavy (non-hydrogen) atoms. The molecule has 1 amide bonds. The lowest BCUT2D eigenvalue weighted by Crippen LogP contribution is -2.37. The van der Waals surface area contributed by atoms with Gasteiger partial charge in [-0.2, -0.15) is 0 Å². The van der Waals surface area contributed by atoms with E-state index in [2.05, 4.69) is 0 Å². The van der Waals surface area contributed by atoms with Crippen molar-refractivity contribution in [2.45, 2.75) is 25.7 Å². The minimum atomic E-state index is -0.794. The first-order valence-corrected chi connectivity index (χ1v) is 7.91. The van der Waals surface area contributed by atoms with E-state index < -0.39 is 17.2 Å². The molecular weight excluding hydrogens is 301 g/mol. The normalized spacial score (nSPS) is 26.1. The van der Waals surface area contributed by atoms with Crippen LogP contribution in [0.2, 0.25) is 0 Å². The number of carbonyl (C=O) groups excluding carboxylic acids is 1. The van der Waals surface area contributed by atoms with Gasteiger partial charge in [-0.25, -0.2) is 4.39 Å². The average Bonchev–Trinajstić information content (AvgIpc) is 3.07. The lowest BCUT2D eigenvalue weighted by Gasteiger charge is -2.23. The molecule has 1 aliphatic heterocycles. The number of likely N-dealkylation sites (tertiary alicyclic amines) is 1. The first kappa shape index (κ1) is 15.8. The third kappa shape index (κ3) is 2.90. The van der Waals surface area contributed by atoms with Crippen LogP contribution in [0.4, 0.5) is 4.39 Å². The van der Waals surface area contributed by atoms with Crippen LogP contribution >= 0.6 is 0 Å². The van der Waals surface area contributed by atoms with E-state index in [9.17, 15) is 19.1 Å². The summed E-state index contributed by atoms with van der Waals surface area (Å²) in [5, 5.41) is 9.52. The van der Waals surface area contributed by atoms with Gasteiger partial charge in [-0.05, 0) is 30.9 Å². The number of aliphatic carboxylic acids is 1. The van der Waals surface area contributed by atoms with Gasteiger partial charge in [-0.1, -0.05) is 18.6 Å². The Hall–Kier alpha value is -2.11. The van der Waals surface area contributed by atoms with Gasteiger partial charge < -0.3 is 14.7 Å². The summed E-state index contributed by atoms with van der Waals surface area (Å²) in [6.45, 7) is 0.872. The predicted octanol–water partition coefficient (Wildman–Crippen LogP) is 2.31. The van der Waals surface area contributed by atoms with Gasteiger partial charge in [0.2, 0.25) is 5.91 Å². The summed E-state index contributed by atoms with van der Waals surface area (Å²) in [7, 11) is 0. The van der Waals surface area contributed by atoms with Crippen LogP contribution < -0.4 is 4.74 Å². The van der Waals surface area contributed by atoms with E-state index in [1.807, 2.05) is 0 Å². The highest BCUT2D eigenvalue weighted by Gasteiger charge is 2.55. The van der Waals surface area contributed by atoms with Gasteiger partial charge in [0.25, 0.3) is 0 Å². The molecule has 1 saturated heterocycles. The van der Waals surface area contributed by atoms with Crippen LogP contribution in [-0.4, -0.2) is 41.6 Å². The Morgan fingerprint density at radius 3 is 2.87 bits per heavy atom. The molecule has 0 radical (unpaired) electrons. The second kappa shape index (κ2) is 6.18. The van der Waals surface area contributed by atoms with Gasteiger partial charge in [0, 0.05) is 13.1 Å². The van der Waals surface area contributed by atoms with Crippen LogP contribution in [0.25, 0.3) is 0 Å². The first-order valence-electron chi connectivity index (χ1n) is 7.91. The summed E-state index contributed by atoms with van der Waals surface area (Å²) in [6.07, 6.45) is 2.54. The minimum absolute atomic E-state index is 0.0523. The Morgan fingerprint density at radius 2 is 2.17 bits per heavy atom. The van der Waals surface area contributed by atoms with E-state index in [0.29, 0.717) is 13.0 Å². The molecule has 1 aliphatic carbocycles. The van der Waals surface area contributed by atoms with Crippen molar-refractivity contribution in [1.29, 1.82) is 0 Å². The maximum atomic E-state index is 13.4. The van der Waals surface area contributed by atoms with E-state index in [-0.39, 0.29) is 37.1 Å². The second-order valence-corrected chi connectivity index (χ2v) is 6.35. The molecule has 2 aliphatic rings. The molecule has 5 nitrogen and oxygen atoms in total. The highest BCUT2D eigenvalue weighted by Crippen LogP contribution is 2.48. The molecule has 1 aromatic rings. The predicted molar refractivity (Wildman–Crippen MR) is 80.5 cm³/mol. The van der Waals surface area contributed by atoms with Crippen LogP contribution in [0.3, 0.4) is 0 Å². The number of fused-ring (bicyclic) bond motifs is 1. The van der Waals surface area contributed by atoms with E-state index in [1.54, 1.807) is 17.0 Å². The third-order valence-corrected chi connectivity index (χ3v) is 5.06. The number of carboxylic acids is 1. The number of hydrogen-bond acceptors (Lipinski definition) is 3. The maximum absolute atomic E-state index is 13.4. The summed E-state index contributed by atoms with van der Waals surface area (Å²) in [4.78, 5) is 25.5.